The van der Waals surface area contributed by atoms with Gasteiger partial charge in [-0.2, -0.15) is 0 Å². The molecule has 7 nitrogen and oxygen atoms in total. The minimum absolute atomic E-state index is 0.215. The Bertz CT molecular complexity index is 360. The molecular weight excluding hydrogens is 262 g/mol. The lowest BCUT2D eigenvalue weighted by Crippen LogP contribution is -2.57. The summed E-state index contributed by atoms with van der Waals surface area (Å²) in [6, 6.07) is -0.574. The van der Waals surface area contributed by atoms with E-state index in [1.54, 1.807) is 0 Å². The van der Waals surface area contributed by atoms with Gasteiger partial charge in [-0.3, -0.25) is 4.79 Å². The number of primary amides is 1. The highest BCUT2D eigenvalue weighted by molar-refractivity contribution is 5.88. The molecule has 0 aromatic heterocycles. The number of unbranched alkanes of at least 4 members (excludes halogenated alkanes) is 1. The Morgan fingerprint density at radius 2 is 1.85 bits per heavy atom. The van der Waals surface area contributed by atoms with Crippen LogP contribution in [0.3, 0.4) is 0 Å². The van der Waals surface area contributed by atoms with Crippen LogP contribution in [-0.2, 0) is 9.59 Å². The van der Waals surface area contributed by atoms with E-state index in [0.717, 1.165) is 12.8 Å². The predicted molar refractivity (Wildman–Crippen MR) is 75.2 cm³/mol. The lowest BCUT2D eigenvalue weighted by molar-refractivity contribution is -0.144. The quantitative estimate of drug-likeness (QED) is 0.585. The van der Waals surface area contributed by atoms with E-state index in [1.807, 2.05) is 13.8 Å². The van der Waals surface area contributed by atoms with Crippen LogP contribution in [0.1, 0.15) is 46.5 Å². The molecule has 4 N–H and O–H groups in total. The normalized spacial score (nSPS) is 13.3. The standard InChI is InChI=1S/C13H25N3O4/c1-4-6-8-16(9-10(14)17)12(20)15-13(3,7-5-2)11(18)19/h4-9H2,1-3H3,(H2,14,17)(H,15,20)(H,18,19). The summed E-state index contributed by atoms with van der Waals surface area (Å²) in [6.45, 7) is 5.41. The molecule has 0 aliphatic heterocycles. The molecule has 0 aliphatic rings. The zero-order valence-corrected chi connectivity index (χ0v) is 12.4. The Kier molecular flexibility index (Phi) is 7.64. The maximum absolute atomic E-state index is 12.1. The summed E-state index contributed by atoms with van der Waals surface area (Å²) < 4.78 is 0. The average molecular weight is 287 g/mol. The molecule has 20 heavy (non-hydrogen) atoms. The van der Waals surface area contributed by atoms with Gasteiger partial charge in [-0.1, -0.05) is 26.7 Å². The van der Waals surface area contributed by atoms with Gasteiger partial charge >= 0.3 is 12.0 Å². The molecular formula is C13H25N3O4. The van der Waals surface area contributed by atoms with Gasteiger partial charge in [-0.15, -0.1) is 0 Å². The molecule has 1 unspecified atom stereocenters. The van der Waals surface area contributed by atoms with E-state index in [0.29, 0.717) is 19.4 Å². The van der Waals surface area contributed by atoms with E-state index in [1.165, 1.54) is 11.8 Å². The highest BCUT2D eigenvalue weighted by Crippen LogP contribution is 2.13. The molecule has 3 amide bonds. The number of carboxylic acid groups (broad SMARTS) is 1. The summed E-state index contributed by atoms with van der Waals surface area (Å²) in [7, 11) is 0. The van der Waals surface area contributed by atoms with Crippen LogP contribution < -0.4 is 11.1 Å². The first-order chi connectivity index (χ1) is 9.26. The fraction of sp³-hybridized carbons (Fsp3) is 0.769. The number of carbonyl (C=O) groups excluding carboxylic acids is 2. The topological polar surface area (TPSA) is 113 Å². The first-order valence-electron chi connectivity index (χ1n) is 6.85. The molecule has 7 heteroatoms. The molecule has 0 bridgehead atoms. The number of hydrogen-bond donors (Lipinski definition) is 3. The van der Waals surface area contributed by atoms with E-state index in [2.05, 4.69) is 5.32 Å². The number of urea groups is 1. The Balaban J connectivity index is 4.86. The van der Waals surface area contributed by atoms with E-state index in [-0.39, 0.29) is 6.54 Å². The van der Waals surface area contributed by atoms with Crippen molar-refractivity contribution in [2.24, 2.45) is 5.73 Å². The second-order valence-corrected chi connectivity index (χ2v) is 5.06. The summed E-state index contributed by atoms with van der Waals surface area (Å²) >= 11 is 0. The van der Waals surface area contributed by atoms with Gasteiger partial charge < -0.3 is 21.1 Å². The summed E-state index contributed by atoms with van der Waals surface area (Å²) in [4.78, 5) is 35.6. The number of carbonyl (C=O) groups is 3. The maximum Gasteiger partial charge on any atom is 0.329 e. The zero-order valence-electron chi connectivity index (χ0n) is 12.4. The SMILES string of the molecule is CCCCN(CC(N)=O)C(=O)NC(C)(CCC)C(=O)O. The molecule has 1 atom stereocenters. The number of nitrogens with one attached hydrogen (secondary N) is 1. The van der Waals surface area contributed by atoms with Crippen molar-refractivity contribution < 1.29 is 19.5 Å². The van der Waals surface area contributed by atoms with E-state index < -0.39 is 23.4 Å². The van der Waals surface area contributed by atoms with Gasteiger partial charge in [0.05, 0.1) is 0 Å². The van der Waals surface area contributed by atoms with Crippen LogP contribution in [0.5, 0.6) is 0 Å². The van der Waals surface area contributed by atoms with Crippen LogP contribution in [0.4, 0.5) is 4.79 Å². The van der Waals surface area contributed by atoms with E-state index in [9.17, 15) is 19.5 Å². The smallest absolute Gasteiger partial charge is 0.329 e. The largest absolute Gasteiger partial charge is 0.480 e. The monoisotopic (exact) mass is 287 g/mol. The van der Waals surface area contributed by atoms with Crippen LogP contribution >= 0.6 is 0 Å². The number of nitrogens with zero attached hydrogens (tertiary/aromatic N) is 1. The van der Waals surface area contributed by atoms with Crippen molar-refractivity contribution in [2.45, 2.75) is 52.0 Å². The molecule has 0 aromatic rings. The summed E-state index contributed by atoms with van der Waals surface area (Å²) in [5.74, 6) is -1.72. The molecule has 0 heterocycles. The number of hydrogen-bond acceptors (Lipinski definition) is 3. The average Bonchev–Trinajstić information content (AvgIpc) is 2.33. The molecule has 0 saturated carbocycles. The Labute approximate surface area is 119 Å². The summed E-state index contributed by atoms with van der Waals surface area (Å²) in [5.41, 5.74) is 3.77. The third-order valence-electron chi connectivity index (χ3n) is 3.02. The number of rotatable bonds is 9. The van der Waals surface area contributed by atoms with Gasteiger partial charge in [0.15, 0.2) is 0 Å². The number of amides is 3. The van der Waals surface area contributed by atoms with Crippen LogP contribution in [-0.4, -0.2) is 46.5 Å². The molecule has 116 valence electrons. The minimum atomic E-state index is -1.34. The van der Waals surface area contributed by atoms with Crippen molar-refractivity contribution in [1.82, 2.24) is 10.2 Å². The summed E-state index contributed by atoms with van der Waals surface area (Å²) in [5, 5.41) is 11.7. The second-order valence-electron chi connectivity index (χ2n) is 5.06. The maximum atomic E-state index is 12.1. The Morgan fingerprint density at radius 1 is 1.25 bits per heavy atom. The van der Waals surface area contributed by atoms with Gasteiger partial charge in [0.2, 0.25) is 5.91 Å². The van der Waals surface area contributed by atoms with Gasteiger partial charge in [0.1, 0.15) is 12.1 Å². The Hall–Kier alpha value is -1.79. The number of carboxylic acids is 1. The van der Waals surface area contributed by atoms with Crippen molar-refractivity contribution in [1.29, 1.82) is 0 Å². The van der Waals surface area contributed by atoms with Crippen LogP contribution in [0.15, 0.2) is 0 Å². The first-order valence-corrected chi connectivity index (χ1v) is 6.85. The van der Waals surface area contributed by atoms with Crippen molar-refractivity contribution in [3.8, 4) is 0 Å². The lowest BCUT2D eigenvalue weighted by Gasteiger charge is -2.30. The third-order valence-corrected chi connectivity index (χ3v) is 3.02. The first kappa shape index (κ1) is 18.2. The second kappa shape index (κ2) is 8.39. The molecule has 0 aliphatic carbocycles. The van der Waals surface area contributed by atoms with Crippen LogP contribution in [0, 0.1) is 0 Å². The van der Waals surface area contributed by atoms with Crippen LogP contribution in [0.25, 0.3) is 0 Å². The van der Waals surface area contributed by atoms with Gasteiger partial charge in [0, 0.05) is 6.54 Å². The third kappa shape index (κ3) is 5.90. The van der Waals surface area contributed by atoms with Crippen molar-refractivity contribution in [2.75, 3.05) is 13.1 Å². The van der Waals surface area contributed by atoms with E-state index in [4.69, 9.17) is 5.73 Å². The Morgan fingerprint density at radius 3 is 2.25 bits per heavy atom. The molecule has 0 saturated heterocycles. The predicted octanol–water partition coefficient (Wildman–Crippen LogP) is 0.927. The van der Waals surface area contributed by atoms with Crippen molar-refractivity contribution >= 4 is 17.9 Å². The van der Waals surface area contributed by atoms with Gasteiger partial charge in [-0.05, 0) is 19.8 Å². The molecule has 0 spiro atoms. The van der Waals surface area contributed by atoms with Crippen molar-refractivity contribution in [3.05, 3.63) is 0 Å². The highest BCUT2D eigenvalue weighted by Gasteiger charge is 2.35. The van der Waals surface area contributed by atoms with Crippen LogP contribution in [0.2, 0.25) is 0 Å². The number of aliphatic carboxylic acids is 1. The molecule has 0 fully saturated rings. The molecule has 0 aromatic carbocycles. The lowest BCUT2D eigenvalue weighted by atomic mass is 9.96. The highest BCUT2D eigenvalue weighted by atomic mass is 16.4. The number of nitrogens with two attached hydrogens (primary N) is 1. The minimum Gasteiger partial charge on any atom is -0.480 e. The molecule has 0 rings (SSSR count). The van der Waals surface area contributed by atoms with Gasteiger partial charge in [0.25, 0.3) is 0 Å². The fourth-order valence-electron chi connectivity index (χ4n) is 1.83. The van der Waals surface area contributed by atoms with Crippen molar-refractivity contribution in [3.63, 3.8) is 0 Å². The summed E-state index contributed by atoms with van der Waals surface area (Å²) in [6.07, 6.45) is 2.51. The fourth-order valence-corrected chi connectivity index (χ4v) is 1.83. The molecule has 0 radical (unpaired) electrons. The van der Waals surface area contributed by atoms with E-state index >= 15 is 0 Å². The zero-order chi connectivity index (χ0) is 15.8. The van der Waals surface area contributed by atoms with Gasteiger partial charge in [-0.25, -0.2) is 9.59 Å².